The lowest BCUT2D eigenvalue weighted by atomic mass is 9.84. The summed E-state index contributed by atoms with van der Waals surface area (Å²) >= 11 is 0. The lowest BCUT2D eigenvalue weighted by Gasteiger charge is -2.36. The third-order valence-corrected chi connectivity index (χ3v) is 5.15. The maximum absolute atomic E-state index is 3.58. The average molecular weight is 238 g/mol. The summed E-state index contributed by atoms with van der Waals surface area (Å²) in [6.45, 7) is 11.2. The first-order valence-corrected chi connectivity index (χ1v) is 7.42. The van der Waals surface area contributed by atoms with Crippen molar-refractivity contribution in [1.82, 2.24) is 10.2 Å². The van der Waals surface area contributed by atoms with Gasteiger partial charge in [0.1, 0.15) is 0 Å². The molecule has 17 heavy (non-hydrogen) atoms. The molecule has 2 rings (SSSR count). The van der Waals surface area contributed by atoms with Crippen molar-refractivity contribution in [3.8, 4) is 0 Å². The topological polar surface area (TPSA) is 15.3 Å². The van der Waals surface area contributed by atoms with Crippen molar-refractivity contribution >= 4 is 0 Å². The van der Waals surface area contributed by atoms with E-state index in [2.05, 4.69) is 38.0 Å². The van der Waals surface area contributed by atoms with E-state index in [9.17, 15) is 0 Å². The first-order valence-electron chi connectivity index (χ1n) is 7.42. The molecular weight excluding hydrogens is 208 g/mol. The van der Waals surface area contributed by atoms with Crippen LogP contribution in [-0.2, 0) is 0 Å². The fourth-order valence-electron chi connectivity index (χ4n) is 3.92. The number of nitrogens with one attached hydrogen (secondary N) is 1. The third-order valence-electron chi connectivity index (χ3n) is 5.15. The molecule has 1 saturated carbocycles. The van der Waals surface area contributed by atoms with Gasteiger partial charge in [0, 0.05) is 12.6 Å². The van der Waals surface area contributed by atoms with Crippen molar-refractivity contribution in [3.63, 3.8) is 0 Å². The molecule has 0 spiro atoms. The summed E-state index contributed by atoms with van der Waals surface area (Å²) in [6, 6.07) is 0.710. The average Bonchev–Trinajstić information content (AvgIpc) is 2.57. The molecule has 100 valence electrons. The highest BCUT2D eigenvalue weighted by atomic mass is 15.1. The second kappa shape index (κ2) is 5.27. The summed E-state index contributed by atoms with van der Waals surface area (Å²) in [7, 11) is 2.14. The van der Waals surface area contributed by atoms with Gasteiger partial charge in [-0.1, -0.05) is 20.8 Å². The predicted molar refractivity (Wildman–Crippen MR) is 74.2 cm³/mol. The first-order chi connectivity index (χ1) is 8.03. The van der Waals surface area contributed by atoms with Gasteiger partial charge in [-0.05, 0) is 63.1 Å². The second-order valence-electron chi connectivity index (χ2n) is 7.04. The second-order valence-corrected chi connectivity index (χ2v) is 7.04. The summed E-state index contributed by atoms with van der Waals surface area (Å²) < 4.78 is 0. The highest BCUT2D eigenvalue weighted by molar-refractivity contribution is 4.96. The zero-order valence-corrected chi connectivity index (χ0v) is 12.1. The number of hydrogen-bond acceptors (Lipinski definition) is 2. The van der Waals surface area contributed by atoms with E-state index in [0.29, 0.717) is 11.5 Å². The minimum atomic E-state index is 0.489. The van der Waals surface area contributed by atoms with Crippen molar-refractivity contribution < 1.29 is 0 Å². The molecule has 0 radical (unpaired) electrons. The molecule has 0 aromatic heterocycles. The van der Waals surface area contributed by atoms with Gasteiger partial charge >= 0.3 is 0 Å². The van der Waals surface area contributed by atoms with Crippen LogP contribution in [0.2, 0.25) is 0 Å². The van der Waals surface area contributed by atoms with Crippen LogP contribution in [0.3, 0.4) is 0 Å². The minimum Gasteiger partial charge on any atom is -0.316 e. The smallest absolute Gasteiger partial charge is 0.0156 e. The van der Waals surface area contributed by atoms with Gasteiger partial charge < -0.3 is 10.2 Å². The third kappa shape index (κ3) is 3.03. The Labute approximate surface area is 107 Å². The minimum absolute atomic E-state index is 0.489. The summed E-state index contributed by atoms with van der Waals surface area (Å²) in [6.07, 6.45) is 5.60. The Balaban J connectivity index is 1.87. The number of likely N-dealkylation sites (tertiary alicyclic amines) is 1. The van der Waals surface area contributed by atoms with Crippen molar-refractivity contribution in [1.29, 1.82) is 0 Å². The van der Waals surface area contributed by atoms with Crippen molar-refractivity contribution in [3.05, 3.63) is 0 Å². The molecule has 0 aromatic carbocycles. The Morgan fingerprint density at radius 1 is 1.18 bits per heavy atom. The Morgan fingerprint density at radius 3 is 2.41 bits per heavy atom. The van der Waals surface area contributed by atoms with E-state index in [1.165, 1.54) is 45.3 Å². The molecule has 2 unspecified atom stereocenters. The summed E-state index contributed by atoms with van der Waals surface area (Å²) in [5.41, 5.74) is 0.489. The van der Waals surface area contributed by atoms with Gasteiger partial charge in [-0.25, -0.2) is 0 Å². The first kappa shape index (κ1) is 13.4. The lowest BCUT2D eigenvalue weighted by Crippen LogP contribution is -2.45. The van der Waals surface area contributed by atoms with Crippen LogP contribution in [0.25, 0.3) is 0 Å². The van der Waals surface area contributed by atoms with Gasteiger partial charge in [0.15, 0.2) is 0 Å². The zero-order valence-electron chi connectivity index (χ0n) is 12.1. The lowest BCUT2D eigenvalue weighted by molar-refractivity contribution is 0.147. The molecule has 2 aliphatic rings. The van der Waals surface area contributed by atoms with E-state index in [0.717, 1.165) is 11.8 Å². The number of rotatable bonds is 3. The number of hydrogen-bond donors (Lipinski definition) is 1. The van der Waals surface area contributed by atoms with Crippen molar-refractivity contribution in [2.24, 2.45) is 17.3 Å². The molecule has 2 atom stereocenters. The van der Waals surface area contributed by atoms with Crippen LogP contribution in [0, 0.1) is 17.3 Å². The van der Waals surface area contributed by atoms with Crippen LogP contribution in [0.15, 0.2) is 0 Å². The molecule has 2 heteroatoms. The molecule has 0 amide bonds. The fraction of sp³-hybridized carbons (Fsp3) is 1.00. The van der Waals surface area contributed by atoms with E-state index in [1.54, 1.807) is 0 Å². The number of piperidine rings is 1. The van der Waals surface area contributed by atoms with Gasteiger partial charge in [0.25, 0.3) is 0 Å². The molecule has 1 aliphatic heterocycles. The Hall–Kier alpha value is -0.0800. The SMILES string of the molecule is CNC1C(CN2CCC(C)CC2)CCC1(C)C. The van der Waals surface area contributed by atoms with Gasteiger partial charge in [-0.3, -0.25) is 0 Å². The largest absolute Gasteiger partial charge is 0.316 e. The maximum Gasteiger partial charge on any atom is 0.0156 e. The summed E-state index contributed by atoms with van der Waals surface area (Å²) in [4.78, 5) is 2.70. The van der Waals surface area contributed by atoms with E-state index >= 15 is 0 Å². The van der Waals surface area contributed by atoms with Crippen LogP contribution >= 0.6 is 0 Å². The molecule has 1 N–H and O–H groups in total. The molecule has 1 saturated heterocycles. The van der Waals surface area contributed by atoms with E-state index in [1.807, 2.05) is 0 Å². The van der Waals surface area contributed by atoms with Crippen LogP contribution in [0.4, 0.5) is 0 Å². The normalized spacial score (nSPS) is 35.3. The monoisotopic (exact) mass is 238 g/mol. The summed E-state index contributed by atoms with van der Waals surface area (Å²) in [5, 5.41) is 3.58. The Kier molecular flexibility index (Phi) is 4.14. The van der Waals surface area contributed by atoms with Gasteiger partial charge in [-0.2, -0.15) is 0 Å². The fourth-order valence-corrected chi connectivity index (χ4v) is 3.92. The summed E-state index contributed by atoms with van der Waals surface area (Å²) in [5.74, 6) is 1.81. The van der Waals surface area contributed by atoms with Gasteiger partial charge in [0.2, 0.25) is 0 Å². The van der Waals surface area contributed by atoms with Gasteiger partial charge in [-0.15, -0.1) is 0 Å². The molecule has 0 bridgehead atoms. The molecular formula is C15H30N2. The molecule has 1 aliphatic carbocycles. The van der Waals surface area contributed by atoms with Crippen molar-refractivity contribution in [2.75, 3.05) is 26.7 Å². The van der Waals surface area contributed by atoms with Crippen LogP contribution in [0.5, 0.6) is 0 Å². The van der Waals surface area contributed by atoms with E-state index in [4.69, 9.17) is 0 Å². The highest BCUT2D eigenvalue weighted by Gasteiger charge is 2.41. The van der Waals surface area contributed by atoms with E-state index < -0.39 is 0 Å². The maximum atomic E-state index is 3.58. The van der Waals surface area contributed by atoms with Crippen LogP contribution in [-0.4, -0.2) is 37.6 Å². The zero-order chi connectivity index (χ0) is 12.5. The number of nitrogens with zero attached hydrogens (tertiary/aromatic N) is 1. The standard InChI is InChI=1S/C15H30N2/c1-12-6-9-17(10-7-12)11-13-5-8-15(2,3)14(13)16-4/h12-14,16H,5-11H2,1-4H3. The Morgan fingerprint density at radius 2 is 1.82 bits per heavy atom. The molecule has 2 fully saturated rings. The van der Waals surface area contributed by atoms with Gasteiger partial charge in [0.05, 0.1) is 0 Å². The van der Waals surface area contributed by atoms with Crippen LogP contribution in [0.1, 0.15) is 46.5 Å². The molecule has 1 heterocycles. The highest BCUT2D eigenvalue weighted by Crippen LogP contribution is 2.41. The quantitative estimate of drug-likeness (QED) is 0.813. The predicted octanol–water partition coefficient (Wildman–Crippen LogP) is 2.74. The Bertz CT molecular complexity index is 241. The van der Waals surface area contributed by atoms with E-state index in [-0.39, 0.29) is 0 Å². The molecule has 2 nitrogen and oxygen atoms in total. The van der Waals surface area contributed by atoms with Crippen LogP contribution < -0.4 is 5.32 Å². The molecule has 0 aromatic rings. The van der Waals surface area contributed by atoms with Crippen molar-refractivity contribution in [2.45, 2.75) is 52.5 Å².